The highest BCUT2D eigenvalue weighted by molar-refractivity contribution is 5.95. The van der Waals surface area contributed by atoms with Crippen molar-refractivity contribution in [3.05, 3.63) is 35.9 Å². The Kier molecular flexibility index (Phi) is 11.3. The normalized spacial score (nSPS) is 14.3. The van der Waals surface area contributed by atoms with Gasteiger partial charge < -0.3 is 25.0 Å². The summed E-state index contributed by atoms with van der Waals surface area (Å²) in [7, 11) is 0. The fraction of sp³-hybridized carbons (Fsp3) is 0.621. The lowest BCUT2D eigenvalue weighted by atomic mass is 9.67. The van der Waals surface area contributed by atoms with Crippen LogP contribution in [-0.2, 0) is 35.3 Å². The van der Waals surface area contributed by atoms with E-state index >= 15 is 0 Å². The molecule has 0 saturated carbocycles. The number of nitrogens with zero attached hydrogens (tertiary/aromatic N) is 1. The fourth-order valence-corrected chi connectivity index (χ4v) is 4.49. The number of carbonyl (C=O) groups excluding carboxylic acids is 3. The highest BCUT2D eigenvalue weighted by atomic mass is 16.6. The van der Waals surface area contributed by atoms with Crippen molar-refractivity contribution in [3.63, 3.8) is 0 Å². The average molecular weight is 565 g/mol. The van der Waals surface area contributed by atoms with E-state index in [1.807, 2.05) is 6.07 Å². The van der Waals surface area contributed by atoms with E-state index in [-0.39, 0.29) is 19.4 Å². The van der Waals surface area contributed by atoms with Gasteiger partial charge in [0, 0.05) is 12.0 Å². The lowest BCUT2D eigenvalue weighted by Crippen LogP contribution is -2.72. The van der Waals surface area contributed by atoms with Crippen molar-refractivity contribution in [1.82, 2.24) is 10.2 Å². The molecule has 0 saturated heterocycles. The molecule has 0 heterocycles. The number of hydrogen-bond acceptors (Lipinski definition) is 7. The minimum Gasteiger partial charge on any atom is -0.481 e. The van der Waals surface area contributed by atoms with Gasteiger partial charge in [-0.25, -0.2) is 9.59 Å². The Morgan fingerprint density at radius 3 is 1.88 bits per heavy atom. The van der Waals surface area contributed by atoms with Crippen molar-refractivity contribution < 1.29 is 43.7 Å². The van der Waals surface area contributed by atoms with E-state index < -0.39 is 64.5 Å². The third-order valence-electron chi connectivity index (χ3n) is 6.15. The predicted molar refractivity (Wildman–Crippen MR) is 147 cm³/mol. The van der Waals surface area contributed by atoms with Crippen LogP contribution in [0.4, 0.5) is 4.79 Å². The lowest BCUT2D eigenvalue weighted by molar-refractivity contribution is -0.160. The van der Waals surface area contributed by atoms with Gasteiger partial charge in [0.15, 0.2) is 0 Å². The topological polar surface area (TPSA) is 160 Å². The van der Waals surface area contributed by atoms with Gasteiger partial charge >= 0.3 is 24.0 Å². The summed E-state index contributed by atoms with van der Waals surface area (Å²) in [6.45, 7) is 15.1. The number of amides is 2. The van der Waals surface area contributed by atoms with Gasteiger partial charge in [0.2, 0.25) is 5.91 Å². The third-order valence-corrected chi connectivity index (χ3v) is 6.15. The molecular weight excluding hydrogens is 520 g/mol. The van der Waals surface area contributed by atoms with Gasteiger partial charge in [-0.1, -0.05) is 51.1 Å². The molecule has 40 heavy (non-hydrogen) atoms. The number of rotatable bonds is 11. The van der Waals surface area contributed by atoms with Crippen LogP contribution in [0.2, 0.25) is 0 Å². The van der Waals surface area contributed by atoms with Crippen LogP contribution in [0.5, 0.6) is 0 Å². The molecule has 1 rings (SSSR count). The number of carbonyl (C=O) groups is 5. The fourth-order valence-electron chi connectivity index (χ4n) is 4.49. The molecule has 0 aliphatic carbocycles. The zero-order valence-electron chi connectivity index (χ0n) is 25.0. The molecule has 0 fully saturated rings. The first-order chi connectivity index (χ1) is 18.1. The minimum absolute atomic E-state index is 0.100. The Labute approximate surface area is 236 Å². The molecule has 224 valence electrons. The number of esters is 1. The second-order valence-electron chi connectivity index (χ2n) is 12.7. The van der Waals surface area contributed by atoms with Crippen LogP contribution in [0.3, 0.4) is 0 Å². The van der Waals surface area contributed by atoms with Gasteiger partial charge in [-0.05, 0) is 58.9 Å². The summed E-state index contributed by atoms with van der Waals surface area (Å²) in [5.74, 6) is -4.54. The van der Waals surface area contributed by atoms with Crippen LogP contribution in [0.1, 0.15) is 87.1 Å². The van der Waals surface area contributed by atoms with Crippen molar-refractivity contribution >= 4 is 29.9 Å². The molecule has 1 aromatic carbocycles. The van der Waals surface area contributed by atoms with Crippen LogP contribution in [-0.4, -0.2) is 67.7 Å². The number of aliphatic carboxylic acids is 2. The third kappa shape index (κ3) is 9.53. The number of nitrogens with one attached hydrogen (secondary N) is 1. The maximum Gasteiger partial charge on any atom is 0.411 e. The highest BCUT2D eigenvalue weighted by Gasteiger charge is 2.58. The molecule has 2 atom stereocenters. The quantitative estimate of drug-likeness (QED) is 0.332. The molecule has 2 amide bonds. The van der Waals surface area contributed by atoms with Crippen molar-refractivity contribution in [1.29, 1.82) is 0 Å². The molecule has 11 nitrogen and oxygen atoms in total. The molecule has 0 radical (unpaired) electrons. The molecule has 3 N–H and O–H groups in total. The monoisotopic (exact) mass is 564 g/mol. The molecule has 0 unspecified atom stereocenters. The van der Waals surface area contributed by atoms with Crippen molar-refractivity contribution in [3.8, 4) is 0 Å². The van der Waals surface area contributed by atoms with Gasteiger partial charge in [-0.2, -0.15) is 0 Å². The van der Waals surface area contributed by atoms with E-state index in [0.717, 1.165) is 0 Å². The summed E-state index contributed by atoms with van der Waals surface area (Å²) in [6, 6.07) is 7.14. The van der Waals surface area contributed by atoms with Crippen molar-refractivity contribution in [2.75, 3.05) is 0 Å². The van der Waals surface area contributed by atoms with Crippen LogP contribution in [0, 0.1) is 5.41 Å². The number of benzene rings is 1. The van der Waals surface area contributed by atoms with Crippen LogP contribution >= 0.6 is 0 Å². The van der Waals surface area contributed by atoms with E-state index in [2.05, 4.69) is 5.32 Å². The molecule has 0 aliphatic heterocycles. The molecule has 0 aromatic heterocycles. The Morgan fingerprint density at radius 1 is 0.900 bits per heavy atom. The molecule has 0 bridgehead atoms. The summed E-state index contributed by atoms with van der Waals surface area (Å²) >= 11 is 0. The molecule has 1 aromatic rings. The minimum atomic E-state index is -1.87. The molecule has 0 spiro atoms. The van der Waals surface area contributed by atoms with Gasteiger partial charge in [-0.15, -0.1) is 0 Å². The first-order valence-electron chi connectivity index (χ1n) is 13.1. The lowest BCUT2D eigenvalue weighted by Gasteiger charge is -2.55. The zero-order chi connectivity index (χ0) is 31.1. The Hall–Kier alpha value is -3.63. The second-order valence-corrected chi connectivity index (χ2v) is 12.7. The first-order valence-corrected chi connectivity index (χ1v) is 13.1. The number of carboxylic acids is 2. The summed E-state index contributed by atoms with van der Waals surface area (Å²) in [5, 5.41) is 21.2. The van der Waals surface area contributed by atoms with Gasteiger partial charge in [0.25, 0.3) is 0 Å². The van der Waals surface area contributed by atoms with Gasteiger partial charge in [0.05, 0.1) is 6.42 Å². The van der Waals surface area contributed by atoms with Crippen LogP contribution in [0.25, 0.3) is 0 Å². The average Bonchev–Trinajstić information content (AvgIpc) is 2.77. The Morgan fingerprint density at radius 2 is 1.45 bits per heavy atom. The largest absolute Gasteiger partial charge is 0.481 e. The summed E-state index contributed by atoms with van der Waals surface area (Å²) in [6.07, 6.45) is -2.30. The van der Waals surface area contributed by atoms with Crippen LogP contribution < -0.4 is 5.32 Å². The Balaban J connectivity index is 3.72. The zero-order valence-corrected chi connectivity index (χ0v) is 25.0. The molecule has 11 heteroatoms. The first kappa shape index (κ1) is 34.4. The maximum absolute atomic E-state index is 14.2. The number of ether oxygens (including phenoxy) is 2. The number of carboxylic acid groups (broad SMARTS) is 2. The summed E-state index contributed by atoms with van der Waals surface area (Å²) in [5.41, 5.74) is -4.15. The maximum atomic E-state index is 14.2. The van der Waals surface area contributed by atoms with E-state index in [9.17, 15) is 34.2 Å². The standard InChI is InChI=1S/C29H44N2O9/c1-26(2,3)29(16-15-22(34)40-28(7,8)9,24(37)30-20(23(35)36)17-21(32)33)31(27(4,5)6)25(38)39-18-19-13-11-10-12-14-19/h10-14,20H,15-18H2,1-9H3,(H,30,37)(H,32,33)(H,35,36)/t20-,29-/m0/s1. The van der Waals surface area contributed by atoms with E-state index in [4.69, 9.17) is 9.47 Å². The molecular formula is C29H44N2O9. The SMILES string of the molecule is CC(C)(C)OC(=O)CC[C@@](C(=O)N[C@@H](CC(=O)O)C(=O)O)(N(C(=O)OCc1ccccc1)C(C)(C)C)C(C)(C)C. The molecule has 0 aliphatic rings. The van der Waals surface area contributed by atoms with Crippen molar-refractivity contribution in [2.45, 2.75) is 111 Å². The second kappa shape index (κ2) is 13.1. The van der Waals surface area contributed by atoms with E-state index in [0.29, 0.717) is 5.56 Å². The predicted octanol–water partition coefficient (Wildman–Crippen LogP) is 4.37. The Bertz CT molecular complexity index is 1070. The number of hydrogen-bond donors (Lipinski definition) is 3. The highest BCUT2D eigenvalue weighted by Crippen LogP contribution is 2.44. The summed E-state index contributed by atoms with van der Waals surface area (Å²) < 4.78 is 11.1. The smallest absolute Gasteiger partial charge is 0.411 e. The van der Waals surface area contributed by atoms with Crippen molar-refractivity contribution in [2.24, 2.45) is 5.41 Å². The van der Waals surface area contributed by atoms with Crippen LogP contribution in [0.15, 0.2) is 30.3 Å². The van der Waals surface area contributed by atoms with Gasteiger partial charge in [0.1, 0.15) is 23.8 Å². The van der Waals surface area contributed by atoms with E-state index in [1.165, 1.54) is 4.90 Å². The summed E-state index contributed by atoms with van der Waals surface area (Å²) in [4.78, 5) is 65.3. The van der Waals surface area contributed by atoms with E-state index in [1.54, 1.807) is 86.6 Å². The van der Waals surface area contributed by atoms with Gasteiger partial charge in [-0.3, -0.25) is 19.3 Å².